The maximum absolute atomic E-state index is 12.9. The number of thioether (sulfide) groups is 1. The zero-order valence-electron chi connectivity index (χ0n) is 17.9. The van der Waals surface area contributed by atoms with Crippen molar-refractivity contribution in [3.8, 4) is 5.75 Å². The number of ether oxygens (including phenoxy) is 2. The minimum Gasteiger partial charge on any atom is -0.497 e. The minimum atomic E-state index is -0.548. The molecule has 7 heteroatoms. The molecule has 30 heavy (non-hydrogen) atoms. The summed E-state index contributed by atoms with van der Waals surface area (Å²) in [6, 6.07) is 7.05. The number of carbonyl (C=O) groups excluding carboxylic acids is 2. The molecule has 3 rings (SSSR count). The molecule has 2 N–H and O–H groups in total. The third-order valence-electron chi connectivity index (χ3n) is 5.84. The Kier molecular flexibility index (Phi) is 9.33. The van der Waals surface area contributed by atoms with Gasteiger partial charge in [0, 0.05) is 18.9 Å². The van der Waals surface area contributed by atoms with Gasteiger partial charge in [-0.2, -0.15) is 11.8 Å². The van der Waals surface area contributed by atoms with E-state index in [1.54, 1.807) is 18.9 Å². The molecule has 0 bridgehead atoms. The van der Waals surface area contributed by atoms with Crippen LogP contribution in [0.15, 0.2) is 24.3 Å². The molecule has 1 saturated carbocycles. The average Bonchev–Trinajstić information content (AvgIpc) is 3.33. The van der Waals surface area contributed by atoms with Crippen LogP contribution in [0.4, 0.5) is 0 Å². The highest BCUT2D eigenvalue weighted by Gasteiger charge is 2.28. The molecule has 2 atom stereocenters. The van der Waals surface area contributed by atoms with Gasteiger partial charge < -0.3 is 20.1 Å². The molecule has 1 aromatic carbocycles. The van der Waals surface area contributed by atoms with Crippen molar-refractivity contribution < 1.29 is 19.1 Å². The van der Waals surface area contributed by atoms with Crippen LogP contribution in [0.1, 0.15) is 50.5 Å². The quantitative estimate of drug-likeness (QED) is 0.591. The number of hydrogen-bond donors (Lipinski definition) is 2. The molecule has 0 spiro atoms. The molecule has 0 aromatic heterocycles. The van der Waals surface area contributed by atoms with Crippen molar-refractivity contribution in [3.63, 3.8) is 0 Å². The molecule has 2 amide bonds. The van der Waals surface area contributed by atoms with E-state index < -0.39 is 12.1 Å². The van der Waals surface area contributed by atoms with Crippen LogP contribution in [0, 0.1) is 5.92 Å². The molecule has 2 fully saturated rings. The van der Waals surface area contributed by atoms with Crippen molar-refractivity contribution >= 4 is 23.6 Å². The number of hydrogen-bond acceptors (Lipinski definition) is 5. The summed E-state index contributed by atoms with van der Waals surface area (Å²) in [6.07, 6.45) is 7.72. The lowest BCUT2D eigenvalue weighted by Crippen LogP contribution is -2.50. The summed E-state index contributed by atoms with van der Waals surface area (Å²) in [7, 11) is 1.63. The first-order valence-electron chi connectivity index (χ1n) is 11.1. The van der Waals surface area contributed by atoms with E-state index in [1.807, 2.05) is 24.3 Å². The van der Waals surface area contributed by atoms with Crippen molar-refractivity contribution in [2.45, 2.75) is 63.6 Å². The highest BCUT2D eigenvalue weighted by atomic mass is 32.2. The van der Waals surface area contributed by atoms with Crippen molar-refractivity contribution in [1.82, 2.24) is 10.6 Å². The van der Waals surface area contributed by atoms with Crippen molar-refractivity contribution in [1.29, 1.82) is 0 Å². The minimum absolute atomic E-state index is 0.145. The molecular formula is C23H34N2O4S. The first kappa shape index (κ1) is 22.9. The predicted molar refractivity (Wildman–Crippen MR) is 120 cm³/mol. The first-order chi connectivity index (χ1) is 14.7. The first-order valence-corrected chi connectivity index (χ1v) is 12.2. The fourth-order valence-corrected chi connectivity index (χ4v) is 5.27. The van der Waals surface area contributed by atoms with Gasteiger partial charge in [0.1, 0.15) is 17.9 Å². The van der Waals surface area contributed by atoms with Crippen molar-refractivity contribution in [2.75, 3.05) is 25.2 Å². The maximum Gasteiger partial charge on any atom is 0.249 e. The third-order valence-corrected chi connectivity index (χ3v) is 7.12. The number of rotatable bonds is 10. The van der Waals surface area contributed by atoms with Crippen LogP contribution in [0.3, 0.4) is 0 Å². The number of carbonyl (C=O) groups is 2. The number of nitrogens with one attached hydrogen (secondary N) is 2. The number of benzene rings is 1. The normalized spacial score (nSPS) is 20.5. The zero-order chi connectivity index (χ0) is 21.2. The molecule has 2 aliphatic rings. The van der Waals surface area contributed by atoms with Gasteiger partial charge in [-0.15, -0.1) is 0 Å². The summed E-state index contributed by atoms with van der Waals surface area (Å²) in [5.41, 5.74) is 0.989. The van der Waals surface area contributed by atoms with Gasteiger partial charge in [-0.05, 0) is 55.1 Å². The fourth-order valence-electron chi connectivity index (χ4n) is 3.99. The van der Waals surface area contributed by atoms with Gasteiger partial charge in [0.05, 0.1) is 7.11 Å². The monoisotopic (exact) mass is 434 g/mol. The largest absolute Gasteiger partial charge is 0.497 e. The van der Waals surface area contributed by atoms with Crippen molar-refractivity contribution in [3.05, 3.63) is 29.8 Å². The van der Waals surface area contributed by atoms with Gasteiger partial charge in [0.15, 0.2) is 0 Å². The van der Waals surface area contributed by atoms with Crippen LogP contribution in [0.2, 0.25) is 0 Å². The topological polar surface area (TPSA) is 76.7 Å². The Morgan fingerprint density at radius 1 is 1.13 bits per heavy atom. The second-order valence-electron chi connectivity index (χ2n) is 8.17. The lowest BCUT2D eigenvalue weighted by atomic mass is 9.91. The van der Waals surface area contributed by atoms with E-state index >= 15 is 0 Å². The fraction of sp³-hybridized carbons (Fsp3) is 0.652. The highest BCUT2D eigenvalue weighted by molar-refractivity contribution is 7.99. The zero-order valence-corrected chi connectivity index (χ0v) is 18.7. The maximum atomic E-state index is 12.9. The van der Waals surface area contributed by atoms with E-state index in [9.17, 15) is 9.59 Å². The van der Waals surface area contributed by atoms with Crippen LogP contribution >= 0.6 is 11.8 Å². The van der Waals surface area contributed by atoms with E-state index in [2.05, 4.69) is 10.6 Å². The van der Waals surface area contributed by atoms with Crippen LogP contribution < -0.4 is 15.4 Å². The molecule has 1 heterocycles. The molecular weight excluding hydrogens is 400 g/mol. The third kappa shape index (κ3) is 7.20. The molecule has 166 valence electrons. The van der Waals surface area contributed by atoms with Gasteiger partial charge in [0.25, 0.3) is 0 Å². The Hall–Kier alpha value is -1.73. The molecule has 1 aromatic rings. The molecule has 1 aliphatic carbocycles. The summed E-state index contributed by atoms with van der Waals surface area (Å²) in [5, 5.41) is 5.91. The van der Waals surface area contributed by atoms with Crippen LogP contribution in [0.5, 0.6) is 5.75 Å². The SMILES string of the molecule is COc1ccc(CNC(=O)[C@H](CSCC2CCCCC2)NC(=O)C2CCCO2)cc1. The predicted octanol–water partition coefficient (Wildman–Crippen LogP) is 3.29. The Balaban J connectivity index is 1.51. The van der Waals surface area contributed by atoms with Gasteiger partial charge in [-0.1, -0.05) is 31.4 Å². The number of methoxy groups -OCH3 is 1. The average molecular weight is 435 g/mol. The smallest absolute Gasteiger partial charge is 0.249 e. The highest BCUT2D eigenvalue weighted by Crippen LogP contribution is 2.27. The van der Waals surface area contributed by atoms with Crippen LogP contribution in [0.25, 0.3) is 0 Å². The second kappa shape index (κ2) is 12.2. The Morgan fingerprint density at radius 2 is 1.90 bits per heavy atom. The summed E-state index contributed by atoms with van der Waals surface area (Å²) in [4.78, 5) is 25.4. The van der Waals surface area contributed by atoms with E-state index in [4.69, 9.17) is 9.47 Å². The Labute approximate surface area is 183 Å². The van der Waals surface area contributed by atoms with Crippen LogP contribution in [-0.4, -0.2) is 49.2 Å². The molecule has 1 aliphatic heterocycles. The molecule has 1 unspecified atom stereocenters. The Bertz CT molecular complexity index is 670. The lowest BCUT2D eigenvalue weighted by molar-refractivity contribution is -0.134. The van der Waals surface area contributed by atoms with E-state index in [0.29, 0.717) is 18.9 Å². The standard InChI is InChI=1S/C23H34N2O4S/c1-28-19-11-9-17(10-12-19)14-24-22(26)20(25-23(27)21-8-5-13-29-21)16-30-15-18-6-3-2-4-7-18/h9-12,18,20-21H,2-8,13-16H2,1H3,(H,24,26)(H,25,27)/t20-,21?/m0/s1. The lowest BCUT2D eigenvalue weighted by Gasteiger charge is -2.23. The second-order valence-corrected chi connectivity index (χ2v) is 9.25. The summed E-state index contributed by atoms with van der Waals surface area (Å²) >= 11 is 1.77. The molecule has 6 nitrogen and oxygen atoms in total. The summed E-state index contributed by atoms with van der Waals surface area (Å²) < 4.78 is 10.7. The van der Waals surface area contributed by atoms with E-state index in [-0.39, 0.29) is 11.8 Å². The van der Waals surface area contributed by atoms with Crippen molar-refractivity contribution in [2.24, 2.45) is 5.92 Å². The number of amides is 2. The van der Waals surface area contributed by atoms with Crippen LogP contribution in [-0.2, 0) is 20.9 Å². The molecule has 1 saturated heterocycles. The van der Waals surface area contributed by atoms with Gasteiger partial charge in [-0.3, -0.25) is 9.59 Å². The summed E-state index contributed by atoms with van der Waals surface area (Å²) in [5.74, 6) is 2.84. The van der Waals surface area contributed by atoms with E-state index in [0.717, 1.165) is 35.8 Å². The Morgan fingerprint density at radius 3 is 2.57 bits per heavy atom. The molecule has 0 radical (unpaired) electrons. The summed E-state index contributed by atoms with van der Waals surface area (Å²) in [6.45, 7) is 1.03. The van der Waals surface area contributed by atoms with Gasteiger partial charge >= 0.3 is 0 Å². The van der Waals surface area contributed by atoms with Gasteiger partial charge in [0.2, 0.25) is 11.8 Å². The van der Waals surface area contributed by atoms with Gasteiger partial charge in [-0.25, -0.2) is 0 Å². The van der Waals surface area contributed by atoms with E-state index in [1.165, 1.54) is 32.1 Å².